The predicted octanol–water partition coefficient (Wildman–Crippen LogP) is 2.50. The fourth-order valence-corrected chi connectivity index (χ4v) is 2.64. The molecule has 0 bridgehead atoms. The Labute approximate surface area is 113 Å². The van der Waals surface area contributed by atoms with Gasteiger partial charge >= 0.3 is 5.97 Å². The van der Waals surface area contributed by atoms with Crippen molar-refractivity contribution in [3.63, 3.8) is 0 Å². The number of carbonyl (C=O) groups is 1. The second-order valence-corrected chi connectivity index (χ2v) is 5.28. The third kappa shape index (κ3) is 3.91. The van der Waals surface area contributed by atoms with Crippen molar-refractivity contribution < 1.29 is 9.53 Å². The summed E-state index contributed by atoms with van der Waals surface area (Å²) in [7, 11) is 1.33. The van der Waals surface area contributed by atoms with E-state index in [1.165, 1.54) is 32.8 Å². The highest BCUT2D eigenvalue weighted by atomic mass is 16.5. The van der Waals surface area contributed by atoms with Crippen LogP contribution >= 0.6 is 0 Å². The van der Waals surface area contributed by atoms with Gasteiger partial charge in [0, 0.05) is 12.7 Å². The lowest BCUT2D eigenvalue weighted by atomic mass is 9.82. The van der Waals surface area contributed by atoms with Gasteiger partial charge in [0.2, 0.25) is 5.82 Å². The molecular formula is C14H21N3O2. The Morgan fingerprint density at radius 1 is 1.53 bits per heavy atom. The molecule has 5 nitrogen and oxygen atoms in total. The van der Waals surface area contributed by atoms with Gasteiger partial charge in [-0.3, -0.25) is 0 Å². The maximum atomic E-state index is 11.3. The van der Waals surface area contributed by atoms with Gasteiger partial charge in [-0.15, -0.1) is 0 Å². The normalized spacial score (nSPS) is 22.8. The predicted molar refractivity (Wildman–Crippen MR) is 73.0 cm³/mol. The number of carbonyl (C=O) groups excluding carboxylic acids is 1. The first-order valence-electron chi connectivity index (χ1n) is 6.84. The number of hydrogen-bond donors (Lipinski definition) is 1. The zero-order chi connectivity index (χ0) is 13.7. The lowest BCUT2D eigenvalue weighted by molar-refractivity contribution is 0.0587. The molecule has 0 spiro atoms. The average Bonchev–Trinajstić information content (AvgIpc) is 2.45. The van der Waals surface area contributed by atoms with Crippen molar-refractivity contribution in [3.8, 4) is 0 Å². The summed E-state index contributed by atoms with van der Waals surface area (Å²) in [5.74, 6) is 1.80. The van der Waals surface area contributed by atoms with E-state index in [0.717, 1.165) is 12.5 Å². The molecule has 1 heterocycles. The van der Waals surface area contributed by atoms with Gasteiger partial charge in [-0.1, -0.05) is 19.8 Å². The van der Waals surface area contributed by atoms with E-state index in [1.807, 2.05) is 0 Å². The quantitative estimate of drug-likeness (QED) is 0.845. The van der Waals surface area contributed by atoms with Crippen LogP contribution in [0.25, 0.3) is 0 Å². The molecule has 1 fully saturated rings. The van der Waals surface area contributed by atoms with Crippen molar-refractivity contribution in [2.24, 2.45) is 11.8 Å². The van der Waals surface area contributed by atoms with Gasteiger partial charge in [0.15, 0.2) is 0 Å². The van der Waals surface area contributed by atoms with Crippen molar-refractivity contribution in [1.82, 2.24) is 9.97 Å². The van der Waals surface area contributed by atoms with E-state index in [1.54, 1.807) is 12.3 Å². The highest BCUT2D eigenvalue weighted by molar-refractivity contribution is 5.85. The Balaban J connectivity index is 1.90. The molecular weight excluding hydrogens is 242 g/mol. The van der Waals surface area contributed by atoms with Gasteiger partial charge in [0.25, 0.3) is 0 Å². The summed E-state index contributed by atoms with van der Waals surface area (Å²) < 4.78 is 4.61. The fourth-order valence-electron chi connectivity index (χ4n) is 2.64. The lowest BCUT2D eigenvalue weighted by Crippen LogP contribution is -2.21. The molecule has 0 saturated heterocycles. The number of nitrogens with zero attached hydrogens (tertiary/aromatic N) is 2. The van der Waals surface area contributed by atoms with Gasteiger partial charge in [0.05, 0.1) is 7.11 Å². The first kappa shape index (κ1) is 13.8. The van der Waals surface area contributed by atoms with E-state index in [9.17, 15) is 4.79 Å². The SMILES string of the molecule is COC(=O)c1nccc(NCC2CCCC(C)C2)n1. The van der Waals surface area contributed by atoms with Gasteiger partial charge in [-0.2, -0.15) is 0 Å². The molecule has 2 rings (SSSR count). The van der Waals surface area contributed by atoms with Crippen LogP contribution in [0, 0.1) is 11.8 Å². The fraction of sp³-hybridized carbons (Fsp3) is 0.643. The molecule has 0 aliphatic heterocycles. The third-order valence-electron chi connectivity index (χ3n) is 3.64. The standard InChI is InChI=1S/C14H21N3O2/c1-10-4-3-5-11(8-10)9-16-12-6-7-15-13(17-12)14(18)19-2/h6-7,10-11H,3-5,8-9H2,1-2H3,(H,15,16,17). The number of methoxy groups -OCH3 is 1. The minimum atomic E-state index is -0.505. The molecule has 19 heavy (non-hydrogen) atoms. The number of rotatable bonds is 4. The highest BCUT2D eigenvalue weighted by Crippen LogP contribution is 2.28. The zero-order valence-corrected chi connectivity index (χ0v) is 11.6. The molecule has 104 valence electrons. The van der Waals surface area contributed by atoms with E-state index >= 15 is 0 Å². The van der Waals surface area contributed by atoms with Crippen LogP contribution in [-0.2, 0) is 4.74 Å². The molecule has 0 amide bonds. The number of hydrogen-bond acceptors (Lipinski definition) is 5. The van der Waals surface area contributed by atoms with E-state index in [2.05, 4.69) is 26.9 Å². The molecule has 0 aromatic carbocycles. The summed E-state index contributed by atoms with van der Waals surface area (Å²) in [5.41, 5.74) is 0. The summed E-state index contributed by atoms with van der Waals surface area (Å²) in [6, 6.07) is 1.78. The number of aromatic nitrogens is 2. The van der Waals surface area contributed by atoms with Crippen LogP contribution in [0.4, 0.5) is 5.82 Å². The smallest absolute Gasteiger partial charge is 0.376 e. The second-order valence-electron chi connectivity index (χ2n) is 5.28. The summed E-state index contributed by atoms with van der Waals surface area (Å²) in [6.45, 7) is 3.22. The van der Waals surface area contributed by atoms with Crippen molar-refractivity contribution in [1.29, 1.82) is 0 Å². The molecule has 2 unspecified atom stereocenters. The largest absolute Gasteiger partial charge is 0.463 e. The van der Waals surface area contributed by atoms with Crippen molar-refractivity contribution >= 4 is 11.8 Å². The Bertz CT molecular complexity index is 436. The van der Waals surface area contributed by atoms with Crippen LogP contribution in [0.15, 0.2) is 12.3 Å². The minimum Gasteiger partial charge on any atom is -0.463 e. The highest BCUT2D eigenvalue weighted by Gasteiger charge is 2.18. The maximum Gasteiger partial charge on any atom is 0.376 e. The molecule has 1 N–H and O–H groups in total. The Morgan fingerprint density at radius 2 is 2.37 bits per heavy atom. The molecule has 2 atom stereocenters. The third-order valence-corrected chi connectivity index (χ3v) is 3.64. The molecule has 1 aliphatic rings. The van der Waals surface area contributed by atoms with E-state index < -0.39 is 5.97 Å². The van der Waals surface area contributed by atoms with Gasteiger partial charge in [-0.25, -0.2) is 14.8 Å². The van der Waals surface area contributed by atoms with Gasteiger partial charge in [0.1, 0.15) is 5.82 Å². The number of ether oxygens (including phenoxy) is 1. The molecule has 0 radical (unpaired) electrons. The topological polar surface area (TPSA) is 64.1 Å². The average molecular weight is 263 g/mol. The summed E-state index contributed by atoms with van der Waals surface area (Å²) in [5, 5.41) is 3.30. The van der Waals surface area contributed by atoms with E-state index in [-0.39, 0.29) is 5.82 Å². The van der Waals surface area contributed by atoms with Crippen LogP contribution < -0.4 is 5.32 Å². The molecule has 1 saturated carbocycles. The summed E-state index contributed by atoms with van der Waals surface area (Å²) in [6.07, 6.45) is 6.76. The monoisotopic (exact) mass is 263 g/mol. The second kappa shape index (κ2) is 6.50. The zero-order valence-electron chi connectivity index (χ0n) is 11.6. The molecule has 1 aromatic rings. The maximum absolute atomic E-state index is 11.3. The molecule has 1 aliphatic carbocycles. The molecule has 1 aromatic heterocycles. The number of anilines is 1. The van der Waals surface area contributed by atoms with Crippen molar-refractivity contribution in [2.75, 3.05) is 19.0 Å². The minimum absolute atomic E-state index is 0.101. The van der Waals surface area contributed by atoms with Crippen LogP contribution in [0.3, 0.4) is 0 Å². The Morgan fingerprint density at radius 3 is 3.11 bits per heavy atom. The van der Waals surface area contributed by atoms with Crippen LogP contribution in [0.2, 0.25) is 0 Å². The van der Waals surface area contributed by atoms with Crippen molar-refractivity contribution in [2.45, 2.75) is 32.6 Å². The Kier molecular flexibility index (Phi) is 4.71. The number of nitrogens with one attached hydrogen (secondary N) is 1. The summed E-state index contributed by atoms with van der Waals surface area (Å²) >= 11 is 0. The van der Waals surface area contributed by atoms with Gasteiger partial charge < -0.3 is 10.1 Å². The molecule has 5 heteroatoms. The number of esters is 1. The van der Waals surface area contributed by atoms with Gasteiger partial charge in [-0.05, 0) is 30.7 Å². The first-order valence-corrected chi connectivity index (χ1v) is 6.84. The van der Waals surface area contributed by atoms with Crippen molar-refractivity contribution in [3.05, 3.63) is 18.1 Å². The lowest BCUT2D eigenvalue weighted by Gasteiger charge is -2.26. The summed E-state index contributed by atoms with van der Waals surface area (Å²) in [4.78, 5) is 19.4. The van der Waals surface area contributed by atoms with Crippen LogP contribution in [-0.4, -0.2) is 29.6 Å². The van der Waals surface area contributed by atoms with E-state index in [0.29, 0.717) is 11.7 Å². The van der Waals surface area contributed by atoms with Crippen LogP contribution in [0.5, 0.6) is 0 Å². The van der Waals surface area contributed by atoms with E-state index in [4.69, 9.17) is 0 Å². The Hall–Kier alpha value is -1.65. The van der Waals surface area contributed by atoms with Crippen LogP contribution in [0.1, 0.15) is 43.2 Å². The first-order chi connectivity index (χ1) is 9.19.